The van der Waals surface area contributed by atoms with Crippen LogP contribution >= 0.6 is 0 Å². The predicted octanol–water partition coefficient (Wildman–Crippen LogP) is 1.23. The minimum atomic E-state index is -3.39. The second-order valence-corrected chi connectivity index (χ2v) is 9.47. The lowest BCUT2D eigenvalue weighted by Gasteiger charge is -2.38. The lowest BCUT2D eigenvalue weighted by Crippen LogP contribution is -2.55. The van der Waals surface area contributed by atoms with Crippen LogP contribution in [0.25, 0.3) is 0 Å². The Morgan fingerprint density at radius 3 is 2.39 bits per heavy atom. The number of rotatable bonds is 6. The summed E-state index contributed by atoms with van der Waals surface area (Å²) >= 11 is 0. The van der Waals surface area contributed by atoms with E-state index in [1.54, 1.807) is 21.8 Å². The normalized spacial score (nSPS) is 20.8. The number of anilines is 1. The van der Waals surface area contributed by atoms with E-state index in [9.17, 15) is 13.2 Å². The van der Waals surface area contributed by atoms with Crippen LogP contribution < -0.4 is 10.1 Å². The summed E-state index contributed by atoms with van der Waals surface area (Å²) < 4.78 is 34.0. The summed E-state index contributed by atoms with van der Waals surface area (Å²) in [6, 6.07) is 7.21. The van der Waals surface area contributed by atoms with Gasteiger partial charge >= 0.3 is 0 Å². The zero-order valence-electron chi connectivity index (χ0n) is 16.6. The van der Waals surface area contributed by atoms with Gasteiger partial charge in [0.1, 0.15) is 5.75 Å². The molecule has 156 valence electrons. The summed E-state index contributed by atoms with van der Waals surface area (Å²) in [6.07, 6.45) is 1.84. The third-order valence-corrected chi connectivity index (χ3v) is 7.48. The number of ether oxygens (including phenoxy) is 1. The summed E-state index contributed by atoms with van der Waals surface area (Å²) in [7, 11) is -1.81. The molecule has 0 aliphatic carbocycles. The number of methoxy groups -OCH3 is 1. The molecule has 2 saturated heterocycles. The van der Waals surface area contributed by atoms with E-state index in [1.165, 1.54) is 0 Å². The number of hydrogen-bond donors (Lipinski definition) is 1. The van der Waals surface area contributed by atoms with E-state index >= 15 is 0 Å². The molecule has 1 aromatic rings. The van der Waals surface area contributed by atoms with Gasteiger partial charge in [0.05, 0.1) is 13.7 Å². The Kier molecular flexibility index (Phi) is 6.92. The quantitative estimate of drug-likeness (QED) is 0.763. The van der Waals surface area contributed by atoms with Crippen LogP contribution in [-0.4, -0.2) is 80.8 Å². The molecule has 0 radical (unpaired) electrons. The maximum absolute atomic E-state index is 12.8. The molecule has 2 aliphatic heterocycles. The zero-order chi connectivity index (χ0) is 20.1. The van der Waals surface area contributed by atoms with Gasteiger partial charge in [0, 0.05) is 51.0 Å². The molecule has 0 atom stereocenters. The summed E-state index contributed by atoms with van der Waals surface area (Å²) in [5.74, 6) is 1.16. The van der Waals surface area contributed by atoms with Crippen LogP contribution in [0.4, 0.5) is 5.69 Å². The van der Waals surface area contributed by atoms with Crippen molar-refractivity contribution in [1.82, 2.24) is 13.5 Å². The second kappa shape index (κ2) is 9.21. The molecule has 0 spiro atoms. The standard InChI is InChI=1S/C19H30N4O4S/c1-16-6-8-22(9-7-16)28(25,26)23-12-10-21(11-13-23)15-19(24)20-17-4-3-5-18(14-17)27-2/h3-5,14,16H,6-13,15H2,1-2H3,(H,20,24). The first kappa shape index (κ1) is 21.0. The molecule has 2 heterocycles. The Balaban J connectivity index is 1.47. The molecule has 0 unspecified atom stereocenters. The van der Waals surface area contributed by atoms with E-state index in [4.69, 9.17) is 4.74 Å². The molecule has 2 fully saturated rings. The lowest BCUT2D eigenvalue weighted by molar-refractivity contribution is -0.117. The molecule has 8 nitrogen and oxygen atoms in total. The smallest absolute Gasteiger partial charge is 0.282 e. The molecule has 0 aromatic heterocycles. The van der Waals surface area contributed by atoms with Crippen molar-refractivity contribution in [3.8, 4) is 5.75 Å². The van der Waals surface area contributed by atoms with Gasteiger partial charge in [-0.3, -0.25) is 9.69 Å². The number of carbonyl (C=O) groups excluding carboxylic acids is 1. The predicted molar refractivity (Wildman–Crippen MR) is 109 cm³/mol. The highest BCUT2D eigenvalue weighted by atomic mass is 32.2. The zero-order valence-corrected chi connectivity index (χ0v) is 17.5. The van der Waals surface area contributed by atoms with Crippen molar-refractivity contribution < 1.29 is 17.9 Å². The highest BCUT2D eigenvalue weighted by molar-refractivity contribution is 7.86. The lowest BCUT2D eigenvalue weighted by atomic mass is 10.0. The molecule has 2 aliphatic rings. The van der Waals surface area contributed by atoms with Crippen LogP contribution in [0.2, 0.25) is 0 Å². The minimum absolute atomic E-state index is 0.116. The summed E-state index contributed by atoms with van der Waals surface area (Å²) in [4.78, 5) is 14.3. The largest absolute Gasteiger partial charge is 0.497 e. The average molecular weight is 411 g/mol. The van der Waals surface area contributed by atoms with Crippen LogP contribution in [-0.2, 0) is 15.0 Å². The molecule has 9 heteroatoms. The van der Waals surface area contributed by atoms with Crippen LogP contribution in [0.15, 0.2) is 24.3 Å². The van der Waals surface area contributed by atoms with Crippen molar-refractivity contribution in [2.75, 3.05) is 58.2 Å². The van der Waals surface area contributed by atoms with E-state index in [0.29, 0.717) is 56.6 Å². The van der Waals surface area contributed by atoms with Gasteiger partial charge in [-0.15, -0.1) is 0 Å². The van der Waals surface area contributed by atoms with Crippen molar-refractivity contribution in [1.29, 1.82) is 0 Å². The van der Waals surface area contributed by atoms with Crippen molar-refractivity contribution in [3.63, 3.8) is 0 Å². The maximum atomic E-state index is 12.8. The van der Waals surface area contributed by atoms with E-state index in [0.717, 1.165) is 12.8 Å². The first-order valence-corrected chi connectivity index (χ1v) is 11.2. The van der Waals surface area contributed by atoms with E-state index in [1.807, 2.05) is 23.1 Å². The van der Waals surface area contributed by atoms with Crippen molar-refractivity contribution >= 4 is 21.8 Å². The first-order chi connectivity index (χ1) is 13.4. The number of hydrogen-bond acceptors (Lipinski definition) is 5. The number of nitrogens with one attached hydrogen (secondary N) is 1. The number of piperazine rings is 1. The second-order valence-electron chi connectivity index (χ2n) is 7.54. The Morgan fingerprint density at radius 1 is 1.11 bits per heavy atom. The Bertz CT molecular complexity index is 770. The number of carbonyl (C=O) groups is 1. The number of nitrogens with zero attached hydrogens (tertiary/aromatic N) is 3. The Labute approximate surface area is 167 Å². The molecule has 28 heavy (non-hydrogen) atoms. The SMILES string of the molecule is COc1cccc(NC(=O)CN2CCN(S(=O)(=O)N3CCC(C)CC3)CC2)c1. The highest BCUT2D eigenvalue weighted by Crippen LogP contribution is 2.21. The van der Waals surface area contributed by atoms with Crippen molar-refractivity contribution in [2.45, 2.75) is 19.8 Å². The topological polar surface area (TPSA) is 82.2 Å². The molecule has 1 amide bonds. The van der Waals surface area contributed by atoms with Crippen LogP contribution in [0.3, 0.4) is 0 Å². The van der Waals surface area contributed by atoms with Crippen molar-refractivity contribution in [3.05, 3.63) is 24.3 Å². The van der Waals surface area contributed by atoms with Gasteiger partial charge in [0.2, 0.25) is 5.91 Å². The molecule has 1 aromatic carbocycles. The summed E-state index contributed by atoms with van der Waals surface area (Å²) in [5, 5.41) is 2.86. The van der Waals surface area contributed by atoms with E-state index in [2.05, 4.69) is 12.2 Å². The number of benzene rings is 1. The summed E-state index contributed by atoms with van der Waals surface area (Å²) in [5.41, 5.74) is 0.685. The molecule has 0 bridgehead atoms. The Hall–Kier alpha value is -1.68. The van der Waals surface area contributed by atoms with Gasteiger partial charge < -0.3 is 10.1 Å². The van der Waals surface area contributed by atoms with Crippen molar-refractivity contribution in [2.24, 2.45) is 5.92 Å². The van der Waals surface area contributed by atoms with Gasteiger partial charge in [-0.25, -0.2) is 0 Å². The van der Waals surface area contributed by atoms with E-state index in [-0.39, 0.29) is 12.5 Å². The van der Waals surface area contributed by atoms with Gasteiger partial charge in [0.25, 0.3) is 10.2 Å². The van der Waals surface area contributed by atoms with Gasteiger partial charge in [-0.05, 0) is 30.9 Å². The van der Waals surface area contributed by atoms with Gasteiger partial charge in [-0.2, -0.15) is 17.0 Å². The van der Waals surface area contributed by atoms with Crippen LogP contribution in [0.5, 0.6) is 5.75 Å². The van der Waals surface area contributed by atoms with Crippen LogP contribution in [0, 0.1) is 5.92 Å². The third-order valence-electron chi connectivity index (χ3n) is 5.45. The summed E-state index contributed by atoms with van der Waals surface area (Å²) in [6.45, 7) is 5.55. The van der Waals surface area contributed by atoms with Gasteiger partial charge in [0.15, 0.2) is 0 Å². The fraction of sp³-hybridized carbons (Fsp3) is 0.632. The average Bonchev–Trinajstić information content (AvgIpc) is 2.69. The first-order valence-electron chi connectivity index (χ1n) is 9.80. The number of piperidine rings is 1. The monoisotopic (exact) mass is 410 g/mol. The Morgan fingerprint density at radius 2 is 1.75 bits per heavy atom. The highest BCUT2D eigenvalue weighted by Gasteiger charge is 2.34. The maximum Gasteiger partial charge on any atom is 0.282 e. The van der Waals surface area contributed by atoms with Crippen LogP contribution in [0.1, 0.15) is 19.8 Å². The molecule has 0 saturated carbocycles. The molecule has 1 N–H and O–H groups in total. The fourth-order valence-corrected chi connectivity index (χ4v) is 5.23. The molecular formula is C19H30N4O4S. The molecule has 3 rings (SSSR count). The molecular weight excluding hydrogens is 380 g/mol. The minimum Gasteiger partial charge on any atom is -0.497 e. The van der Waals surface area contributed by atoms with Gasteiger partial charge in [-0.1, -0.05) is 13.0 Å². The fourth-order valence-electron chi connectivity index (χ4n) is 3.60. The van der Waals surface area contributed by atoms with E-state index < -0.39 is 10.2 Å². The number of amides is 1. The third kappa shape index (κ3) is 5.22.